The maximum atomic E-state index is 12.9. The van der Waals surface area contributed by atoms with E-state index in [-0.39, 0.29) is 11.7 Å². The molecular weight excluding hydrogens is 295 g/mol. The van der Waals surface area contributed by atoms with Gasteiger partial charge in [-0.15, -0.1) is 0 Å². The van der Waals surface area contributed by atoms with Crippen molar-refractivity contribution in [1.29, 1.82) is 0 Å². The number of amides is 1. The minimum Gasteiger partial charge on any atom is -0.337 e. The van der Waals surface area contributed by atoms with E-state index in [1.807, 2.05) is 4.90 Å². The molecule has 2 heterocycles. The molecule has 1 aliphatic heterocycles. The third-order valence-electron chi connectivity index (χ3n) is 3.87. The van der Waals surface area contributed by atoms with Crippen LogP contribution in [0.1, 0.15) is 36.2 Å². The van der Waals surface area contributed by atoms with E-state index in [4.69, 9.17) is 0 Å². The Hall–Kier alpha value is -2.50. The largest absolute Gasteiger partial charge is 0.337 e. The number of rotatable bonds is 3. The molecule has 1 N–H and O–H groups in total. The predicted molar refractivity (Wildman–Crippen MR) is 86.1 cm³/mol. The van der Waals surface area contributed by atoms with E-state index < -0.39 is 0 Å². The summed E-state index contributed by atoms with van der Waals surface area (Å²) in [6.45, 7) is 1.56. The highest BCUT2D eigenvalue weighted by Gasteiger charge is 2.18. The Morgan fingerprint density at radius 1 is 1.04 bits per heavy atom. The van der Waals surface area contributed by atoms with Crippen molar-refractivity contribution in [2.75, 3.05) is 18.4 Å². The fourth-order valence-corrected chi connectivity index (χ4v) is 2.64. The SMILES string of the molecule is O=C(c1ccnc(Nc2ccc(F)cc2)n1)N1CCCCCC1. The molecule has 3 rings (SSSR count). The number of carbonyl (C=O) groups excluding carboxylic acids is 1. The van der Waals surface area contributed by atoms with E-state index in [9.17, 15) is 9.18 Å². The molecule has 0 spiro atoms. The van der Waals surface area contributed by atoms with Crippen molar-refractivity contribution in [3.05, 3.63) is 48.0 Å². The minimum atomic E-state index is -0.304. The lowest BCUT2D eigenvalue weighted by Gasteiger charge is -2.19. The standard InChI is InChI=1S/C17H19FN4O/c18-13-5-7-14(8-6-13)20-17-19-10-9-15(21-17)16(23)22-11-3-1-2-4-12-22/h5-10H,1-4,11-12H2,(H,19,20,21). The number of hydrogen-bond donors (Lipinski definition) is 1. The first kappa shape index (κ1) is 15.4. The van der Waals surface area contributed by atoms with Crippen LogP contribution >= 0.6 is 0 Å². The van der Waals surface area contributed by atoms with Crippen LogP contribution in [0.5, 0.6) is 0 Å². The van der Waals surface area contributed by atoms with Gasteiger partial charge < -0.3 is 10.2 Å². The maximum absolute atomic E-state index is 12.9. The van der Waals surface area contributed by atoms with E-state index in [0.717, 1.165) is 25.9 Å². The topological polar surface area (TPSA) is 58.1 Å². The van der Waals surface area contributed by atoms with Crippen LogP contribution in [-0.2, 0) is 0 Å². The lowest BCUT2D eigenvalue weighted by Crippen LogP contribution is -2.32. The summed E-state index contributed by atoms with van der Waals surface area (Å²) in [4.78, 5) is 22.8. The van der Waals surface area contributed by atoms with Crippen LogP contribution in [0, 0.1) is 5.82 Å². The van der Waals surface area contributed by atoms with Crippen LogP contribution in [0.15, 0.2) is 36.5 Å². The highest BCUT2D eigenvalue weighted by atomic mass is 19.1. The number of anilines is 2. The Morgan fingerprint density at radius 3 is 2.43 bits per heavy atom. The van der Waals surface area contributed by atoms with Crippen LogP contribution in [0.2, 0.25) is 0 Å². The van der Waals surface area contributed by atoms with Gasteiger partial charge in [-0.25, -0.2) is 14.4 Å². The number of carbonyl (C=O) groups is 1. The molecule has 5 nitrogen and oxygen atoms in total. The number of nitrogens with one attached hydrogen (secondary N) is 1. The molecule has 1 aromatic carbocycles. The van der Waals surface area contributed by atoms with Gasteiger partial charge in [0, 0.05) is 25.0 Å². The second-order valence-electron chi connectivity index (χ2n) is 5.60. The van der Waals surface area contributed by atoms with E-state index in [1.165, 1.54) is 25.0 Å². The Labute approximate surface area is 134 Å². The Balaban J connectivity index is 1.73. The molecule has 1 fully saturated rings. The van der Waals surface area contributed by atoms with Gasteiger partial charge in [0.15, 0.2) is 0 Å². The summed E-state index contributed by atoms with van der Waals surface area (Å²) in [5.41, 5.74) is 1.05. The molecule has 0 aliphatic carbocycles. The highest BCUT2D eigenvalue weighted by Crippen LogP contribution is 2.15. The van der Waals surface area contributed by atoms with Crippen molar-refractivity contribution in [3.63, 3.8) is 0 Å². The van der Waals surface area contributed by atoms with Gasteiger partial charge in [0.05, 0.1) is 0 Å². The molecule has 1 aliphatic rings. The number of benzene rings is 1. The molecule has 2 aromatic rings. The second-order valence-corrected chi connectivity index (χ2v) is 5.60. The van der Waals surface area contributed by atoms with Crippen molar-refractivity contribution in [2.24, 2.45) is 0 Å². The van der Waals surface area contributed by atoms with E-state index in [2.05, 4.69) is 15.3 Å². The predicted octanol–water partition coefficient (Wildman–Crippen LogP) is 3.38. The Kier molecular flexibility index (Phi) is 4.80. The van der Waals surface area contributed by atoms with Gasteiger partial charge in [0.25, 0.3) is 5.91 Å². The molecule has 120 valence electrons. The number of hydrogen-bond acceptors (Lipinski definition) is 4. The quantitative estimate of drug-likeness (QED) is 0.943. The van der Waals surface area contributed by atoms with E-state index in [0.29, 0.717) is 17.3 Å². The molecule has 0 bridgehead atoms. The monoisotopic (exact) mass is 314 g/mol. The number of likely N-dealkylation sites (tertiary alicyclic amines) is 1. The van der Waals surface area contributed by atoms with Gasteiger partial charge >= 0.3 is 0 Å². The van der Waals surface area contributed by atoms with Gasteiger partial charge in [0.2, 0.25) is 5.95 Å². The summed E-state index contributed by atoms with van der Waals surface area (Å²) in [5.74, 6) is -0.0321. The van der Waals surface area contributed by atoms with Crippen LogP contribution in [-0.4, -0.2) is 33.9 Å². The first-order valence-corrected chi connectivity index (χ1v) is 7.87. The summed E-state index contributed by atoms with van der Waals surface area (Å²) < 4.78 is 12.9. The molecule has 23 heavy (non-hydrogen) atoms. The van der Waals surface area contributed by atoms with Crippen molar-refractivity contribution >= 4 is 17.5 Å². The fourth-order valence-electron chi connectivity index (χ4n) is 2.64. The van der Waals surface area contributed by atoms with Gasteiger partial charge in [0.1, 0.15) is 11.5 Å². The average molecular weight is 314 g/mol. The van der Waals surface area contributed by atoms with Crippen molar-refractivity contribution in [2.45, 2.75) is 25.7 Å². The molecule has 1 saturated heterocycles. The van der Waals surface area contributed by atoms with Crippen molar-refractivity contribution < 1.29 is 9.18 Å². The highest BCUT2D eigenvalue weighted by molar-refractivity contribution is 5.92. The van der Waals surface area contributed by atoms with E-state index in [1.54, 1.807) is 24.4 Å². The van der Waals surface area contributed by atoms with Crippen LogP contribution in [0.25, 0.3) is 0 Å². The fraction of sp³-hybridized carbons (Fsp3) is 0.353. The zero-order chi connectivity index (χ0) is 16.1. The van der Waals surface area contributed by atoms with Crippen LogP contribution < -0.4 is 5.32 Å². The average Bonchev–Trinajstić information content (AvgIpc) is 2.86. The third kappa shape index (κ3) is 4.03. The zero-order valence-electron chi connectivity index (χ0n) is 12.8. The Bertz CT molecular complexity index is 667. The van der Waals surface area contributed by atoms with Gasteiger partial charge in [-0.05, 0) is 43.2 Å². The number of aromatic nitrogens is 2. The van der Waals surface area contributed by atoms with Crippen LogP contribution in [0.3, 0.4) is 0 Å². The van der Waals surface area contributed by atoms with Crippen LogP contribution in [0.4, 0.5) is 16.0 Å². The molecule has 6 heteroatoms. The molecule has 0 atom stereocenters. The van der Waals surface area contributed by atoms with Gasteiger partial charge in [-0.2, -0.15) is 0 Å². The molecule has 1 amide bonds. The second kappa shape index (κ2) is 7.17. The molecule has 0 radical (unpaired) electrons. The van der Waals surface area contributed by atoms with Crippen molar-refractivity contribution in [3.8, 4) is 0 Å². The van der Waals surface area contributed by atoms with Gasteiger partial charge in [-0.3, -0.25) is 4.79 Å². The Morgan fingerprint density at radius 2 is 1.74 bits per heavy atom. The maximum Gasteiger partial charge on any atom is 0.272 e. The summed E-state index contributed by atoms with van der Waals surface area (Å²) in [6, 6.07) is 7.54. The summed E-state index contributed by atoms with van der Waals surface area (Å²) in [6.07, 6.45) is 5.98. The number of nitrogens with zero attached hydrogens (tertiary/aromatic N) is 3. The molecule has 1 aromatic heterocycles. The lowest BCUT2D eigenvalue weighted by molar-refractivity contribution is 0.0755. The first-order chi connectivity index (χ1) is 11.2. The summed E-state index contributed by atoms with van der Waals surface area (Å²) in [5, 5.41) is 2.98. The van der Waals surface area contributed by atoms with Gasteiger partial charge in [-0.1, -0.05) is 12.8 Å². The normalized spacial score (nSPS) is 15.1. The number of halogens is 1. The summed E-state index contributed by atoms with van der Waals surface area (Å²) >= 11 is 0. The zero-order valence-corrected chi connectivity index (χ0v) is 12.8. The molecular formula is C17H19FN4O. The minimum absolute atomic E-state index is 0.0588. The third-order valence-corrected chi connectivity index (χ3v) is 3.87. The molecule has 0 unspecified atom stereocenters. The smallest absolute Gasteiger partial charge is 0.272 e. The lowest BCUT2D eigenvalue weighted by atomic mass is 10.2. The van der Waals surface area contributed by atoms with E-state index >= 15 is 0 Å². The molecule has 0 saturated carbocycles. The summed E-state index contributed by atoms with van der Waals surface area (Å²) in [7, 11) is 0. The first-order valence-electron chi connectivity index (χ1n) is 7.87. The van der Waals surface area contributed by atoms with Crippen molar-refractivity contribution in [1.82, 2.24) is 14.9 Å².